The van der Waals surface area contributed by atoms with Crippen molar-refractivity contribution in [1.82, 2.24) is 9.29 Å². The van der Waals surface area contributed by atoms with Crippen molar-refractivity contribution in [3.8, 4) is 0 Å². The summed E-state index contributed by atoms with van der Waals surface area (Å²) in [6.07, 6.45) is -4.73. The molecule has 0 amide bonds. The Morgan fingerprint density at radius 3 is 2.45 bits per heavy atom. The zero-order valence-corrected chi connectivity index (χ0v) is 12.0. The highest BCUT2D eigenvalue weighted by atomic mass is 32.2. The molecule has 0 unspecified atom stereocenters. The van der Waals surface area contributed by atoms with E-state index in [9.17, 15) is 26.4 Å². The topological polar surface area (TPSA) is 87.6 Å². The molecule has 0 aromatic carbocycles. The van der Waals surface area contributed by atoms with Gasteiger partial charge in [-0.15, -0.1) is 11.3 Å². The van der Waals surface area contributed by atoms with E-state index in [2.05, 4.69) is 4.98 Å². The van der Waals surface area contributed by atoms with E-state index in [1.54, 1.807) is 0 Å². The minimum atomic E-state index is -4.73. The largest absolute Gasteiger partial charge is 0.476 e. The molecule has 0 aliphatic carbocycles. The first-order chi connectivity index (χ1) is 8.97. The lowest BCUT2D eigenvalue weighted by atomic mass is 10.4. The molecule has 0 aliphatic rings. The van der Waals surface area contributed by atoms with Crippen LogP contribution in [0, 0.1) is 0 Å². The maximum absolute atomic E-state index is 12.5. The van der Waals surface area contributed by atoms with Gasteiger partial charge in [-0.05, 0) is 13.8 Å². The molecule has 1 aromatic heterocycles. The Morgan fingerprint density at radius 2 is 2.05 bits per heavy atom. The van der Waals surface area contributed by atoms with Crippen LogP contribution in [0.3, 0.4) is 0 Å². The van der Waals surface area contributed by atoms with Crippen molar-refractivity contribution in [2.45, 2.75) is 30.3 Å². The highest BCUT2D eigenvalue weighted by Crippen LogP contribution is 2.28. The molecule has 0 spiro atoms. The minimum absolute atomic E-state index is 0.201. The van der Waals surface area contributed by atoms with Crippen LogP contribution in [0.25, 0.3) is 0 Å². The van der Waals surface area contributed by atoms with Gasteiger partial charge < -0.3 is 5.11 Å². The number of hydrogen-bond donors (Lipinski definition) is 1. The van der Waals surface area contributed by atoms with Crippen molar-refractivity contribution in [2.24, 2.45) is 0 Å². The van der Waals surface area contributed by atoms with Gasteiger partial charge >= 0.3 is 12.1 Å². The van der Waals surface area contributed by atoms with Crippen LogP contribution < -0.4 is 0 Å². The molecule has 1 heterocycles. The first kappa shape index (κ1) is 16.9. The van der Waals surface area contributed by atoms with E-state index in [1.165, 1.54) is 13.8 Å². The molecule has 1 aromatic rings. The maximum atomic E-state index is 12.5. The number of alkyl halides is 3. The summed E-state index contributed by atoms with van der Waals surface area (Å²) in [7, 11) is -4.58. The quantitative estimate of drug-likeness (QED) is 0.888. The summed E-state index contributed by atoms with van der Waals surface area (Å²) >= 11 is 0.468. The summed E-state index contributed by atoms with van der Waals surface area (Å²) in [5.74, 6) is -1.61. The van der Waals surface area contributed by atoms with Crippen LogP contribution in [0.2, 0.25) is 0 Å². The lowest BCUT2D eigenvalue weighted by Crippen LogP contribution is -2.43. The number of hydrogen-bond acceptors (Lipinski definition) is 5. The summed E-state index contributed by atoms with van der Waals surface area (Å²) in [5, 5.41) is 8.81. The Bertz CT molecular complexity index is 595. The summed E-state index contributed by atoms with van der Waals surface area (Å²) in [4.78, 5) is 14.2. The number of aromatic nitrogens is 1. The van der Waals surface area contributed by atoms with Crippen molar-refractivity contribution in [3.63, 3.8) is 0 Å². The fraction of sp³-hybridized carbons (Fsp3) is 0.556. The van der Waals surface area contributed by atoms with Crippen LogP contribution in [-0.2, 0) is 10.0 Å². The molecule has 20 heavy (non-hydrogen) atoms. The second kappa shape index (κ2) is 5.66. The van der Waals surface area contributed by atoms with Crippen LogP contribution in [0.4, 0.5) is 13.2 Å². The highest BCUT2D eigenvalue weighted by Gasteiger charge is 2.40. The predicted molar refractivity (Wildman–Crippen MR) is 64.2 cm³/mol. The van der Waals surface area contributed by atoms with Crippen molar-refractivity contribution in [1.29, 1.82) is 0 Å². The van der Waals surface area contributed by atoms with E-state index in [4.69, 9.17) is 5.11 Å². The van der Waals surface area contributed by atoms with Crippen molar-refractivity contribution in [3.05, 3.63) is 11.2 Å². The normalized spacial score (nSPS) is 13.2. The Morgan fingerprint density at radius 1 is 1.50 bits per heavy atom. The Labute approximate surface area is 116 Å². The summed E-state index contributed by atoms with van der Waals surface area (Å²) in [5.41, 5.74) is 0.186. The van der Waals surface area contributed by atoms with Crippen LogP contribution >= 0.6 is 11.3 Å². The third-order valence-corrected chi connectivity index (χ3v) is 5.56. The number of sulfonamides is 1. The fourth-order valence-corrected chi connectivity index (χ4v) is 4.27. The van der Waals surface area contributed by atoms with Gasteiger partial charge in [0.15, 0.2) is 9.90 Å². The average molecular weight is 332 g/mol. The summed E-state index contributed by atoms with van der Waals surface area (Å²) in [6, 6.07) is -0.981. The van der Waals surface area contributed by atoms with Gasteiger partial charge in [0.25, 0.3) is 10.0 Å². The van der Waals surface area contributed by atoms with Gasteiger partial charge in [-0.25, -0.2) is 18.2 Å². The van der Waals surface area contributed by atoms with Gasteiger partial charge in [0.2, 0.25) is 0 Å². The molecular weight excluding hydrogens is 321 g/mol. The monoisotopic (exact) mass is 332 g/mol. The highest BCUT2D eigenvalue weighted by molar-refractivity contribution is 7.91. The molecule has 11 heteroatoms. The molecule has 0 saturated carbocycles. The third-order valence-electron chi connectivity index (χ3n) is 2.19. The average Bonchev–Trinajstić information content (AvgIpc) is 2.73. The van der Waals surface area contributed by atoms with E-state index in [-0.39, 0.29) is 4.31 Å². The molecule has 114 valence electrons. The summed E-state index contributed by atoms with van der Waals surface area (Å²) in [6.45, 7) is 0.847. The third kappa shape index (κ3) is 3.67. The Balaban J connectivity index is 3.31. The molecule has 6 nitrogen and oxygen atoms in total. The van der Waals surface area contributed by atoms with E-state index >= 15 is 0 Å². The number of rotatable bonds is 5. The van der Waals surface area contributed by atoms with Gasteiger partial charge in [0.1, 0.15) is 6.54 Å². The lowest BCUT2D eigenvalue weighted by molar-refractivity contribution is -0.138. The lowest BCUT2D eigenvalue weighted by Gasteiger charge is -2.26. The minimum Gasteiger partial charge on any atom is -0.476 e. The second-order valence-electron chi connectivity index (χ2n) is 4.05. The number of nitrogens with zero attached hydrogens (tertiary/aromatic N) is 2. The Hall–Kier alpha value is -1.20. The maximum Gasteiger partial charge on any atom is 0.402 e. The number of thiazole rings is 1. The van der Waals surface area contributed by atoms with Gasteiger partial charge in [0.05, 0.1) is 5.51 Å². The van der Waals surface area contributed by atoms with E-state index in [1.807, 2.05) is 0 Å². The second-order valence-corrected chi connectivity index (χ2v) is 6.99. The van der Waals surface area contributed by atoms with Crippen LogP contribution in [0.5, 0.6) is 0 Å². The molecule has 1 rings (SSSR count). The van der Waals surface area contributed by atoms with Crippen molar-refractivity contribution < 1.29 is 31.5 Å². The van der Waals surface area contributed by atoms with Crippen molar-refractivity contribution in [2.75, 3.05) is 6.54 Å². The molecule has 0 saturated heterocycles. The zero-order chi connectivity index (χ0) is 15.7. The van der Waals surface area contributed by atoms with Gasteiger partial charge in [-0.1, -0.05) is 0 Å². The van der Waals surface area contributed by atoms with Gasteiger partial charge in [-0.2, -0.15) is 17.5 Å². The first-order valence-electron chi connectivity index (χ1n) is 5.22. The van der Waals surface area contributed by atoms with Crippen LogP contribution in [-0.4, -0.2) is 47.5 Å². The smallest absolute Gasteiger partial charge is 0.402 e. The molecule has 0 bridgehead atoms. The zero-order valence-electron chi connectivity index (χ0n) is 10.4. The molecule has 0 radical (unpaired) electrons. The van der Waals surface area contributed by atoms with E-state index in [0.29, 0.717) is 11.3 Å². The van der Waals surface area contributed by atoms with Gasteiger partial charge in [0, 0.05) is 6.04 Å². The molecule has 0 aliphatic heterocycles. The number of aromatic carboxylic acids is 1. The fourth-order valence-electron chi connectivity index (χ4n) is 1.39. The molecular formula is C9H11F3N2O4S2. The Kier molecular flexibility index (Phi) is 4.77. The van der Waals surface area contributed by atoms with E-state index < -0.39 is 44.7 Å². The molecule has 1 N–H and O–H groups in total. The number of carboxylic acid groups (broad SMARTS) is 1. The van der Waals surface area contributed by atoms with Gasteiger partial charge in [-0.3, -0.25) is 0 Å². The van der Waals surface area contributed by atoms with E-state index in [0.717, 1.165) is 5.51 Å². The SMILES string of the molecule is CC(C)N(CC(F)(F)F)S(=O)(=O)c1scnc1C(=O)O. The number of halogens is 3. The summed E-state index contributed by atoms with van der Waals surface area (Å²) < 4.78 is 61.2. The standard InChI is InChI=1S/C9H11F3N2O4S2/c1-5(2)14(3-9(10,11)12)20(17,18)8-6(7(15)16)13-4-19-8/h4-5H,3H2,1-2H3,(H,15,16). The molecule has 0 atom stereocenters. The van der Waals surface area contributed by atoms with Crippen LogP contribution in [0.15, 0.2) is 9.72 Å². The first-order valence-corrected chi connectivity index (χ1v) is 7.54. The predicted octanol–water partition coefficient (Wildman–Crippen LogP) is 1.80. The van der Waals surface area contributed by atoms with Crippen LogP contribution in [0.1, 0.15) is 24.3 Å². The van der Waals surface area contributed by atoms with Crippen molar-refractivity contribution >= 4 is 27.3 Å². The molecule has 0 fully saturated rings. The number of carbonyl (C=O) groups is 1. The number of carboxylic acids is 1.